The Labute approximate surface area is 93.4 Å². The molecule has 3 N–H and O–H groups in total. The van der Waals surface area contributed by atoms with E-state index in [1.807, 2.05) is 12.1 Å². The second-order valence-corrected chi connectivity index (χ2v) is 4.21. The van der Waals surface area contributed by atoms with Gasteiger partial charge < -0.3 is 15.1 Å². The lowest BCUT2D eigenvalue weighted by Gasteiger charge is -1.95. The van der Waals surface area contributed by atoms with Gasteiger partial charge in [0, 0.05) is 5.56 Å². The van der Waals surface area contributed by atoms with Crippen molar-refractivity contribution >= 4 is 22.4 Å². The van der Waals surface area contributed by atoms with Gasteiger partial charge in [0.05, 0.1) is 16.4 Å². The van der Waals surface area contributed by atoms with Crippen molar-refractivity contribution in [3.05, 3.63) is 34.1 Å². The lowest BCUT2D eigenvalue weighted by Crippen LogP contribution is -1.99. The zero-order valence-corrected chi connectivity index (χ0v) is 8.84. The van der Waals surface area contributed by atoms with Crippen molar-refractivity contribution in [1.29, 1.82) is 0 Å². The molecule has 0 saturated carbocycles. The molecule has 0 radical (unpaired) electrons. The highest BCUT2D eigenvalue weighted by molar-refractivity contribution is 7.13. The molecule has 0 aliphatic rings. The van der Waals surface area contributed by atoms with Crippen LogP contribution in [-0.2, 0) is 0 Å². The molecule has 0 fully saturated rings. The molecule has 0 saturated heterocycles. The van der Waals surface area contributed by atoms with E-state index in [-0.39, 0.29) is 11.6 Å². The molecule has 5 nitrogen and oxygen atoms in total. The largest absolute Gasteiger partial charge is 0.493 e. The van der Waals surface area contributed by atoms with E-state index in [1.54, 1.807) is 11.4 Å². The number of aromatic nitrogens is 3. The van der Waals surface area contributed by atoms with Crippen LogP contribution >= 0.6 is 11.3 Å². The summed E-state index contributed by atoms with van der Waals surface area (Å²) in [6.07, 6.45) is 0. The first-order chi connectivity index (χ1) is 7.72. The third-order valence-electron chi connectivity index (χ3n) is 2.25. The summed E-state index contributed by atoms with van der Waals surface area (Å²) in [6, 6.07) is 5.48. The summed E-state index contributed by atoms with van der Waals surface area (Å²) in [4.78, 5) is 20.4. The molecule has 0 atom stereocenters. The van der Waals surface area contributed by atoms with E-state index < -0.39 is 0 Å². The standard InChI is InChI=1S/C10H7N3O2S/c14-8-4-16-9(13-8)5-1-2-6-7(3-5)12-10(15)11-6/h1-4,14H,(H2,11,12,15). The van der Waals surface area contributed by atoms with Crippen molar-refractivity contribution in [2.75, 3.05) is 0 Å². The van der Waals surface area contributed by atoms with Crippen molar-refractivity contribution in [1.82, 2.24) is 15.0 Å². The summed E-state index contributed by atoms with van der Waals surface area (Å²) in [7, 11) is 0. The number of imidazole rings is 1. The molecule has 80 valence electrons. The molecule has 0 aliphatic carbocycles. The van der Waals surface area contributed by atoms with E-state index in [0.29, 0.717) is 0 Å². The second-order valence-electron chi connectivity index (χ2n) is 3.35. The van der Waals surface area contributed by atoms with Crippen LogP contribution in [0.4, 0.5) is 0 Å². The first kappa shape index (κ1) is 9.17. The van der Waals surface area contributed by atoms with Gasteiger partial charge >= 0.3 is 5.69 Å². The quantitative estimate of drug-likeness (QED) is 0.598. The minimum atomic E-state index is -0.228. The number of aromatic hydroxyl groups is 1. The van der Waals surface area contributed by atoms with Gasteiger partial charge in [-0.05, 0) is 18.2 Å². The molecule has 2 aromatic heterocycles. The summed E-state index contributed by atoms with van der Waals surface area (Å²) in [5.41, 5.74) is 2.13. The van der Waals surface area contributed by atoms with Crippen molar-refractivity contribution in [2.24, 2.45) is 0 Å². The van der Waals surface area contributed by atoms with E-state index in [1.165, 1.54) is 11.3 Å². The van der Waals surface area contributed by atoms with Gasteiger partial charge in [-0.3, -0.25) is 0 Å². The van der Waals surface area contributed by atoms with Crippen LogP contribution in [-0.4, -0.2) is 20.1 Å². The van der Waals surface area contributed by atoms with Gasteiger partial charge in [0.2, 0.25) is 5.88 Å². The number of fused-ring (bicyclic) bond motifs is 1. The molecule has 0 amide bonds. The Morgan fingerprint density at radius 1 is 1.25 bits per heavy atom. The number of rotatable bonds is 1. The minimum absolute atomic E-state index is 0.0164. The highest BCUT2D eigenvalue weighted by Crippen LogP contribution is 2.27. The Morgan fingerprint density at radius 2 is 2.06 bits per heavy atom. The summed E-state index contributed by atoms with van der Waals surface area (Å²) < 4.78 is 0. The van der Waals surface area contributed by atoms with Crippen LogP contribution in [0.3, 0.4) is 0 Å². The second kappa shape index (κ2) is 3.21. The molecule has 0 unspecified atom stereocenters. The third-order valence-corrected chi connectivity index (χ3v) is 3.13. The number of nitrogens with zero attached hydrogens (tertiary/aromatic N) is 1. The Kier molecular flexibility index (Phi) is 1.84. The van der Waals surface area contributed by atoms with E-state index in [9.17, 15) is 4.79 Å². The molecule has 1 aromatic carbocycles. The molecule has 3 rings (SSSR count). The first-order valence-electron chi connectivity index (χ1n) is 4.59. The predicted octanol–water partition coefficient (Wildman–Crippen LogP) is 1.69. The van der Waals surface area contributed by atoms with Crippen LogP contribution in [0.5, 0.6) is 5.88 Å². The average molecular weight is 233 g/mol. The fourth-order valence-electron chi connectivity index (χ4n) is 1.56. The Hall–Kier alpha value is -2.08. The van der Waals surface area contributed by atoms with Crippen LogP contribution in [0.2, 0.25) is 0 Å². The van der Waals surface area contributed by atoms with Gasteiger partial charge in [0.1, 0.15) is 5.01 Å². The number of hydrogen-bond donors (Lipinski definition) is 3. The SMILES string of the molecule is O=c1[nH]c2ccc(-c3nc(O)cs3)cc2[nH]1. The maximum atomic E-state index is 11.1. The fourth-order valence-corrected chi connectivity index (χ4v) is 2.24. The lowest BCUT2D eigenvalue weighted by molar-refractivity contribution is 0.458. The van der Waals surface area contributed by atoms with Gasteiger partial charge in [-0.25, -0.2) is 9.78 Å². The maximum Gasteiger partial charge on any atom is 0.323 e. The van der Waals surface area contributed by atoms with Gasteiger partial charge in [-0.2, -0.15) is 0 Å². The topological polar surface area (TPSA) is 81.8 Å². The normalized spacial score (nSPS) is 11.0. The van der Waals surface area contributed by atoms with Crippen LogP contribution in [0.1, 0.15) is 0 Å². The van der Waals surface area contributed by atoms with Gasteiger partial charge in [-0.1, -0.05) is 0 Å². The minimum Gasteiger partial charge on any atom is -0.493 e. The van der Waals surface area contributed by atoms with Crippen molar-refractivity contribution < 1.29 is 5.11 Å². The monoisotopic (exact) mass is 233 g/mol. The Bertz CT molecular complexity index is 710. The fraction of sp³-hybridized carbons (Fsp3) is 0. The number of nitrogens with one attached hydrogen (secondary N) is 2. The molecule has 0 aliphatic heterocycles. The zero-order valence-electron chi connectivity index (χ0n) is 8.02. The first-order valence-corrected chi connectivity index (χ1v) is 5.47. The molecule has 6 heteroatoms. The molecule has 2 heterocycles. The van der Waals surface area contributed by atoms with Crippen LogP contribution in [0.25, 0.3) is 21.6 Å². The molecule has 0 spiro atoms. The van der Waals surface area contributed by atoms with E-state index in [4.69, 9.17) is 5.11 Å². The number of H-pyrrole nitrogens is 2. The molecular formula is C10H7N3O2S. The van der Waals surface area contributed by atoms with Crippen LogP contribution in [0.15, 0.2) is 28.4 Å². The van der Waals surface area contributed by atoms with Crippen LogP contribution in [0, 0.1) is 0 Å². The van der Waals surface area contributed by atoms with Crippen LogP contribution < -0.4 is 5.69 Å². The third kappa shape index (κ3) is 1.40. The summed E-state index contributed by atoms with van der Waals surface area (Å²) >= 11 is 1.35. The molecule has 3 aromatic rings. The average Bonchev–Trinajstić information content (AvgIpc) is 2.81. The Balaban J connectivity index is 2.21. The number of benzene rings is 1. The van der Waals surface area contributed by atoms with Gasteiger partial charge in [0.15, 0.2) is 0 Å². The summed E-state index contributed by atoms with van der Waals surface area (Å²) in [5.74, 6) is 0.0164. The lowest BCUT2D eigenvalue weighted by atomic mass is 10.2. The smallest absolute Gasteiger partial charge is 0.323 e. The number of hydrogen-bond acceptors (Lipinski definition) is 4. The highest BCUT2D eigenvalue weighted by atomic mass is 32.1. The summed E-state index contributed by atoms with van der Waals surface area (Å²) in [6.45, 7) is 0. The van der Waals surface area contributed by atoms with Gasteiger partial charge in [-0.15, -0.1) is 11.3 Å². The highest BCUT2D eigenvalue weighted by Gasteiger charge is 2.05. The molecule has 0 bridgehead atoms. The molecular weight excluding hydrogens is 226 g/mol. The van der Waals surface area contributed by atoms with Crippen molar-refractivity contribution in [3.8, 4) is 16.5 Å². The van der Waals surface area contributed by atoms with Gasteiger partial charge in [0.25, 0.3) is 0 Å². The van der Waals surface area contributed by atoms with E-state index in [0.717, 1.165) is 21.6 Å². The number of aromatic amines is 2. The van der Waals surface area contributed by atoms with E-state index >= 15 is 0 Å². The van der Waals surface area contributed by atoms with E-state index in [2.05, 4.69) is 15.0 Å². The maximum absolute atomic E-state index is 11.1. The van der Waals surface area contributed by atoms with Crippen molar-refractivity contribution in [3.63, 3.8) is 0 Å². The zero-order chi connectivity index (χ0) is 11.1. The summed E-state index contributed by atoms with van der Waals surface area (Å²) in [5, 5.41) is 11.5. The number of thiazole rings is 1. The predicted molar refractivity (Wildman–Crippen MR) is 61.7 cm³/mol. The molecule has 16 heavy (non-hydrogen) atoms. The van der Waals surface area contributed by atoms with Crippen molar-refractivity contribution in [2.45, 2.75) is 0 Å². The Morgan fingerprint density at radius 3 is 2.81 bits per heavy atom.